The lowest BCUT2D eigenvalue weighted by molar-refractivity contribution is -0.149. The summed E-state index contributed by atoms with van der Waals surface area (Å²) in [6, 6.07) is 0. The summed E-state index contributed by atoms with van der Waals surface area (Å²) in [4.78, 5) is 11.1. The number of aliphatic hydroxyl groups excluding tert-OH is 1. The number of aliphatic hydroxyl groups is 1. The molecule has 86 valence electrons. The highest BCUT2D eigenvalue weighted by Crippen LogP contribution is 2.53. The summed E-state index contributed by atoms with van der Waals surface area (Å²) in [5.41, 5.74) is 0. The standard InChI is InChI=1S/C13H16O3/c1-7(14)16-11-5-4-10(15)12-8-2-3-9(6-8)13(11)12/h2-5,8-13,15H,6H2,1H3/t8-,9+,10-,11+,12-,13-/m1/s1. The molecule has 0 saturated heterocycles. The van der Waals surface area contributed by atoms with Crippen molar-refractivity contribution in [1.29, 1.82) is 0 Å². The molecule has 3 nitrogen and oxygen atoms in total. The first kappa shape index (κ1) is 10.1. The van der Waals surface area contributed by atoms with Crippen molar-refractivity contribution in [2.45, 2.75) is 25.6 Å². The van der Waals surface area contributed by atoms with Crippen LogP contribution in [0.15, 0.2) is 24.3 Å². The zero-order chi connectivity index (χ0) is 11.3. The molecule has 1 fully saturated rings. The Morgan fingerprint density at radius 1 is 1.19 bits per heavy atom. The van der Waals surface area contributed by atoms with Gasteiger partial charge in [0.2, 0.25) is 0 Å². The molecule has 16 heavy (non-hydrogen) atoms. The van der Waals surface area contributed by atoms with Crippen LogP contribution in [-0.2, 0) is 9.53 Å². The van der Waals surface area contributed by atoms with Crippen LogP contribution in [0.25, 0.3) is 0 Å². The minimum absolute atomic E-state index is 0.147. The zero-order valence-electron chi connectivity index (χ0n) is 9.24. The highest BCUT2D eigenvalue weighted by atomic mass is 16.5. The van der Waals surface area contributed by atoms with Gasteiger partial charge in [0.25, 0.3) is 0 Å². The molecule has 0 radical (unpaired) electrons. The minimum Gasteiger partial charge on any atom is -0.458 e. The van der Waals surface area contributed by atoms with Crippen molar-refractivity contribution in [3.8, 4) is 0 Å². The maximum absolute atomic E-state index is 11.1. The van der Waals surface area contributed by atoms with Crippen LogP contribution in [0.3, 0.4) is 0 Å². The van der Waals surface area contributed by atoms with Crippen molar-refractivity contribution < 1.29 is 14.6 Å². The van der Waals surface area contributed by atoms with Gasteiger partial charge in [0.15, 0.2) is 0 Å². The van der Waals surface area contributed by atoms with E-state index in [-0.39, 0.29) is 30.0 Å². The molecule has 3 heteroatoms. The number of hydrogen-bond acceptors (Lipinski definition) is 3. The first-order chi connectivity index (χ1) is 7.66. The Balaban J connectivity index is 1.89. The van der Waals surface area contributed by atoms with Gasteiger partial charge in [0.1, 0.15) is 6.10 Å². The highest BCUT2D eigenvalue weighted by Gasteiger charge is 2.52. The van der Waals surface area contributed by atoms with E-state index in [1.165, 1.54) is 6.92 Å². The van der Waals surface area contributed by atoms with Crippen LogP contribution in [0.5, 0.6) is 0 Å². The summed E-state index contributed by atoms with van der Waals surface area (Å²) in [6.07, 6.45) is 8.63. The van der Waals surface area contributed by atoms with Crippen molar-refractivity contribution >= 4 is 5.97 Å². The maximum Gasteiger partial charge on any atom is 0.303 e. The van der Waals surface area contributed by atoms with E-state index in [2.05, 4.69) is 12.2 Å². The van der Waals surface area contributed by atoms with Crippen molar-refractivity contribution in [2.24, 2.45) is 23.7 Å². The Hall–Kier alpha value is -1.09. The van der Waals surface area contributed by atoms with Crippen LogP contribution in [-0.4, -0.2) is 23.3 Å². The molecule has 0 amide bonds. The summed E-state index contributed by atoms with van der Waals surface area (Å²) in [5, 5.41) is 9.99. The quantitative estimate of drug-likeness (QED) is 0.535. The van der Waals surface area contributed by atoms with Gasteiger partial charge in [0.05, 0.1) is 6.10 Å². The van der Waals surface area contributed by atoms with Crippen molar-refractivity contribution in [3.63, 3.8) is 0 Å². The Kier molecular flexibility index (Phi) is 2.18. The fraction of sp³-hybridized carbons (Fsp3) is 0.615. The number of ether oxygens (including phenoxy) is 1. The molecule has 3 rings (SSSR count). The molecule has 3 aliphatic rings. The van der Waals surface area contributed by atoms with E-state index in [1.807, 2.05) is 6.08 Å². The van der Waals surface area contributed by atoms with Gasteiger partial charge in [-0.25, -0.2) is 0 Å². The monoisotopic (exact) mass is 220 g/mol. The van der Waals surface area contributed by atoms with E-state index < -0.39 is 0 Å². The fourth-order valence-corrected chi connectivity index (χ4v) is 3.63. The summed E-state index contributed by atoms with van der Waals surface area (Å²) in [5.74, 6) is 1.21. The van der Waals surface area contributed by atoms with E-state index in [4.69, 9.17) is 4.74 Å². The number of carbonyl (C=O) groups is 1. The Morgan fingerprint density at radius 2 is 1.88 bits per heavy atom. The first-order valence-corrected chi connectivity index (χ1v) is 5.89. The molecule has 2 bridgehead atoms. The zero-order valence-corrected chi connectivity index (χ0v) is 9.24. The molecule has 0 spiro atoms. The molecule has 3 aliphatic carbocycles. The molecule has 0 aliphatic heterocycles. The van der Waals surface area contributed by atoms with Crippen LogP contribution in [0.1, 0.15) is 13.3 Å². The number of rotatable bonds is 1. The van der Waals surface area contributed by atoms with Gasteiger partial charge in [0, 0.05) is 18.8 Å². The second-order valence-electron chi connectivity index (χ2n) is 5.05. The van der Waals surface area contributed by atoms with Crippen molar-refractivity contribution in [1.82, 2.24) is 0 Å². The van der Waals surface area contributed by atoms with E-state index in [9.17, 15) is 9.90 Å². The third-order valence-electron chi connectivity index (χ3n) is 4.16. The molecule has 1 saturated carbocycles. The van der Waals surface area contributed by atoms with Gasteiger partial charge in [-0.1, -0.05) is 18.2 Å². The molecule has 6 atom stereocenters. The molecule has 0 aromatic heterocycles. The lowest BCUT2D eigenvalue weighted by atomic mass is 9.73. The van der Waals surface area contributed by atoms with Crippen molar-refractivity contribution in [2.75, 3.05) is 0 Å². The molecule has 0 aromatic rings. The van der Waals surface area contributed by atoms with E-state index in [1.54, 1.807) is 6.08 Å². The fourth-order valence-electron chi connectivity index (χ4n) is 3.63. The molecule has 0 aromatic carbocycles. The largest absolute Gasteiger partial charge is 0.458 e. The van der Waals surface area contributed by atoms with Gasteiger partial charge < -0.3 is 9.84 Å². The Bertz CT molecular complexity index is 371. The first-order valence-electron chi connectivity index (χ1n) is 5.89. The predicted octanol–water partition coefficient (Wildman–Crippen LogP) is 1.29. The number of fused-ring (bicyclic) bond motifs is 5. The van der Waals surface area contributed by atoms with Gasteiger partial charge >= 0.3 is 5.97 Å². The lowest BCUT2D eigenvalue weighted by Gasteiger charge is -2.37. The number of allylic oxidation sites excluding steroid dienone is 2. The Labute approximate surface area is 94.8 Å². The smallest absolute Gasteiger partial charge is 0.303 e. The minimum atomic E-state index is -0.378. The van der Waals surface area contributed by atoms with Gasteiger partial charge in [-0.2, -0.15) is 0 Å². The summed E-state index contributed by atoms with van der Waals surface area (Å²) < 4.78 is 5.34. The second-order valence-corrected chi connectivity index (χ2v) is 5.05. The van der Waals surface area contributed by atoms with Crippen LogP contribution >= 0.6 is 0 Å². The van der Waals surface area contributed by atoms with Gasteiger partial charge in [-0.3, -0.25) is 4.79 Å². The van der Waals surface area contributed by atoms with Crippen LogP contribution in [0, 0.1) is 23.7 Å². The molecule has 0 unspecified atom stereocenters. The maximum atomic E-state index is 11.1. The lowest BCUT2D eigenvalue weighted by Crippen LogP contribution is -2.41. The summed E-state index contributed by atoms with van der Waals surface area (Å²) in [7, 11) is 0. The summed E-state index contributed by atoms with van der Waals surface area (Å²) >= 11 is 0. The van der Waals surface area contributed by atoms with Crippen LogP contribution in [0.4, 0.5) is 0 Å². The second kappa shape index (κ2) is 3.45. The highest BCUT2D eigenvalue weighted by molar-refractivity contribution is 5.66. The molecular weight excluding hydrogens is 204 g/mol. The van der Waals surface area contributed by atoms with Crippen LogP contribution < -0.4 is 0 Å². The van der Waals surface area contributed by atoms with E-state index in [0.29, 0.717) is 11.8 Å². The van der Waals surface area contributed by atoms with Gasteiger partial charge in [-0.05, 0) is 24.3 Å². The average Bonchev–Trinajstić information content (AvgIpc) is 2.82. The number of esters is 1. The third-order valence-corrected chi connectivity index (χ3v) is 4.16. The van der Waals surface area contributed by atoms with E-state index >= 15 is 0 Å². The number of hydrogen-bond donors (Lipinski definition) is 1. The van der Waals surface area contributed by atoms with Crippen molar-refractivity contribution in [3.05, 3.63) is 24.3 Å². The molecular formula is C13H16O3. The van der Waals surface area contributed by atoms with E-state index in [0.717, 1.165) is 6.42 Å². The average molecular weight is 220 g/mol. The predicted molar refractivity (Wildman–Crippen MR) is 58.4 cm³/mol. The summed E-state index contributed by atoms with van der Waals surface area (Å²) in [6.45, 7) is 1.44. The topological polar surface area (TPSA) is 46.5 Å². The number of carbonyl (C=O) groups excluding carboxylic acids is 1. The van der Waals surface area contributed by atoms with Gasteiger partial charge in [-0.15, -0.1) is 0 Å². The van der Waals surface area contributed by atoms with Crippen LogP contribution in [0.2, 0.25) is 0 Å². The molecule has 1 N–H and O–H groups in total. The normalized spacial score (nSPS) is 48.1. The molecule has 0 heterocycles. The SMILES string of the molecule is CC(=O)O[C@H]1C=C[C@@H](O)[C@@H]2[C@@H]1[C@H]1C=C[C@@H]2C1. The Morgan fingerprint density at radius 3 is 2.56 bits per heavy atom. The third kappa shape index (κ3) is 1.34.